The van der Waals surface area contributed by atoms with E-state index in [2.05, 4.69) is 10.6 Å². The Kier molecular flexibility index (Phi) is 4.11. The molecular formula is C15H22N2O4. The van der Waals surface area contributed by atoms with Crippen molar-refractivity contribution >= 4 is 11.8 Å². The number of carbonyl (C=O) groups excluding carboxylic acids is 1. The second-order valence-corrected chi connectivity index (χ2v) is 6.48. The van der Waals surface area contributed by atoms with Crippen LogP contribution in [0, 0.1) is 0 Å². The number of rotatable bonds is 3. The van der Waals surface area contributed by atoms with Crippen LogP contribution in [0.5, 0.6) is 5.75 Å². The van der Waals surface area contributed by atoms with Gasteiger partial charge in [0.25, 0.3) is 0 Å². The normalized spacial score (nSPS) is 17.0. The molecule has 6 nitrogen and oxygen atoms in total. The van der Waals surface area contributed by atoms with E-state index in [0.717, 1.165) is 0 Å². The summed E-state index contributed by atoms with van der Waals surface area (Å²) in [5.41, 5.74) is -0.276. The van der Waals surface area contributed by atoms with E-state index in [1.54, 1.807) is 32.9 Å². The zero-order valence-electron chi connectivity index (χ0n) is 12.6. The SMILES string of the molecule is CC(C)(C)OC(=O)Nc1ccc(CC2(O)CNC2)c(O)c1. The van der Waals surface area contributed by atoms with Gasteiger partial charge in [0.15, 0.2) is 0 Å². The number of phenolic OH excluding ortho intramolecular Hbond substituents is 1. The number of carbonyl (C=O) groups is 1. The molecule has 21 heavy (non-hydrogen) atoms. The van der Waals surface area contributed by atoms with E-state index in [4.69, 9.17) is 4.74 Å². The van der Waals surface area contributed by atoms with Gasteiger partial charge in [0.2, 0.25) is 0 Å². The van der Waals surface area contributed by atoms with E-state index < -0.39 is 17.3 Å². The average molecular weight is 294 g/mol. The molecule has 1 aliphatic rings. The number of nitrogens with one attached hydrogen (secondary N) is 2. The van der Waals surface area contributed by atoms with Gasteiger partial charge in [-0.2, -0.15) is 0 Å². The Morgan fingerprint density at radius 3 is 2.57 bits per heavy atom. The minimum atomic E-state index is -0.794. The third-order valence-corrected chi connectivity index (χ3v) is 3.16. The first-order valence-corrected chi connectivity index (χ1v) is 6.92. The lowest BCUT2D eigenvalue weighted by Crippen LogP contribution is -2.60. The van der Waals surface area contributed by atoms with Gasteiger partial charge in [0.05, 0.1) is 5.60 Å². The monoisotopic (exact) mass is 294 g/mol. The van der Waals surface area contributed by atoms with Gasteiger partial charge in [-0.15, -0.1) is 0 Å². The predicted octanol–water partition coefficient (Wildman–Crippen LogP) is 1.62. The Balaban J connectivity index is 2.00. The summed E-state index contributed by atoms with van der Waals surface area (Å²) in [4.78, 5) is 11.6. The van der Waals surface area contributed by atoms with Gasteiger partial charge in [0.1, 0.15) is 11.4 Å². The van der Waals surface area contributed by atoms with Gasteiger partial charge >= 0.3 is 6.09 Å². The van der Waals surface area contributed by atoms with Gasteiger partial charge in [-0.05, 0) is 32.4 Å². The molecule has 4 N–H and O–H groups in total. The molecule has 0 unspecified atom stereocenters. The second kappa shape index (κ2) is 5.54. The Morgan fingerprint density at radius 2 is 2.10 bits per heavy atom. The highest BCUT2D eigenvalue weighted by atomic mass is 16.6. The maximum atomic E-state index is 11.6. The molecule has 116 valence electrons. The molecular weight excluding hydrogens is 272 g/mol. The number of hydrogen-bond donors (Lipinski definition) is 4. The molecule has 1 amide bonds. The molecule has 1 aromatic carbocycles. The molecule has 1 aromatic rings. The number of β-amino-alcohol motifs (C(OH)–C–C–N with tert-alkyl or cyclic N) is 1. The fourth-order valence-electron chi connectivity index (χ4n) is 2.11. The minimum absolute atomic E-state index is 0.0453. The largest absolute Gasteiger partial charge is 0.508 e. The van der Waals surface area contributed by atoms with Gasteiger partial charge in [0, 0.05) is 31.3 Å². The molecule has 1 heterocycles. The van der Waals surface area contributed by atoms with Crippen molar-refractivity contribution in [3.63, 3.8) is 0 Å². The number of benzene rings is 1. The van der Waals surface area contributed by atoms with Crippen LogP contribution in [0.25, 0.3) is 0 Å². The van der Waals surface area contributed by atoms with Crippen LogP contribution in [0.15, 0.2) is 18.2 Å². The van der Waals surface area contributed by atoms with Crippen molar-refractivity contribution in [2.24, 2.45) is 0 Å². The van der Waals surface area contributed by atoms with Crippen molar-refractivity contribution in [1.82, 2.24) is 5.32 Å². The summed E-state index contributed by atoms with van der Waals surface area (Å²) in [6, 6.07) is 4.82. The molecule has 0 aromatic heterocycles. The molecule has 2 rings (SSSR count). The van der Waals surface area contributed by atoms with E-state index >= 15 is 0 Å². The number of ether oxygens (including phenoxy) is 1. The topological polar surface area (TPSA) is 90.8 Å². The maximum absolute atomic E-state index is 11.6. The first kappa shape index (κ1) is 15.6. The highest BCUT2D eigenvalue weighted by Gasteiger charge is 2.34. The van der Waals surface area contributed by atoms with Crippen molar-refractivity contribution in [3.8, 4) is 5.75 Å². The van der Waals surface area contributed by atoms with Crippen molar-refractivity contribution in [2.45, 2.75) is 38.4 Å². The third kappa shape index (κ3) is 4.34. The fourth-order valence-corrected chi connectivity index (χ4v) is 2.11. The lowest BCUT2D eigenvalue weighted by Gasteiger charge is -2.37. The standard InChI is InChI=1S/C15H22N2O4/c1-14(2,3)21-13(19)17-11-5-4-10(12(18)6-11)7-15(20)8-16-9-15/h4-6,16,18,20H,7-9H2,1-3H3,(H,17,19). The van der Waals surface area contributed by atoms with Crippen molar-refractivity contribution in [2.75, 3.05) is 18.4 Å². The summed E-state index contributed by atoms with van der Waals surface area (Å²) < 4.78 is 5.14. The average Bonchev–Trinajstić information content (AvgIpc) is 2.28. The van der Waals surface area contributed by atoms with Gasteiger partial charge < -0.3 is 20.3 Å². The summed E-state index contributed by atoms with van der Waals surface area (Å²) in [5.74, 6) is 0.0453. The number of phenols is 1. The van der Waals surface area contributed by atoms with Crippen LogP contribution >= 0.6 is 0 Å². The molecule has 0 saturated carbocycles. The quantitative estimate of drug-likeness (QED) is 0.680. The van der Waals surface area contributed by atoms with Crippen LogP contribution in [0.4, 0.5) is 10.5 Å². The Hall–Kier alpha value is -1.79. The highest BCUT2D eigenvalue weighted by Crippen LogP contribution is 2.27. The van der Waals surface area contributed by atoms with E-state index in [-0.39, 0.29) is 5.75 Å². The Bertz CT molecular complexity index is 533. The van der Waals surface area contributed by atoms with E-state index in [1.165, 1.54) is 6.07 Å². The number of amides is 1. The molecule has 1 aliphatic heterocycles. The smallest absolute Gasteiger partial charge is 0.412 e. The van der Waals surface area contributed by atoms with Gasteiger partial charge in [-0.3, -0.25) is 5.32 Å². The van der Waals surface area contributed by atoms with Crippen molar-refractivity contribution in [3.05, 3.63) is 23.8 Å². The Morgan fingerprint density at radius 1 is 1.43 bits per heavy atom. The molecule has 1 fully saturated rings. The van der Waals surface area contributed by atoms with Crippen LogP contribution in [0.1, 0.15) is 26.3 Å². The summed E-state index contributed by atoms with van der Waals surface area (Å²) >= 11 is 0. The van der Waals surface area contributed by atoms with Crippen LogP contribution in [-0.2, 0) is 11.2 Å². The highest BCUT2D eigenvalue weighted by molar-refractivity contribution is 5.85. The molecule has 1 saturated heterocycles. The summed E-state index contributed by atoms with van der Waals surface area (Å²) in [6.07, 6.45) is -0.199. The molecule has 0 bridgehead atoms. The summed E-state index contributed by atoms with van der Waals surface area (Å²) in [5, 5.41) is 25.6. The van der Waals surface area contributed by atoms with Crippen LogP contribution in [0.3, 0.4) is 0 Å². The molecule has 0 atom stereocenters. The lowest BCUT2D eigenvalue weighted by atomic mass is 9.89. The maximum Gasteiger partial charge on any atom is 0.412 e. The molecule has 0 spiro atoms. The summed E-state index contributed by atoms with van der Waals surface area (Å²) in [7, 11) is 0. The fraction of sp³-hybridized carbons (Fsp3) is 0.533. The van der Waals surface area contributed by atoms with Gasteiger partial charge in [-0.1, -0.05) is 6.07 Å². The van der Waals surface area contributed by atoms with E-state index in [1.807, 2.05) is 0 Å². The molecule has 0 radical (unpaired) electrons. The molecule has 6 heteroatoms. The summed E-state index contributed by atoms with van der Waals surface area (Å²) in [6.45, 7) is 6.37. The number of aromatic hydroxyl groups is 1. The molecule has 0 aliphatic carbocycles. The van der Waals surface area contributed by atoms with E-state index in [9.17, 15) is 15.0 Å². The number of aliphatic hydroxyl groups is 1. The third-order valence-electron chi connectivity index (χ3n) is 3.16. The zero-order chi connectivity index (χ0) is 15.7. The minimum Gasteiger partial charge on any atom is -0.508 e. The first-order valence-electron chi connectivity index (χ1n) is 6.92. The van der Waals surface area contributed by atoms with Crippen molar-refractivity contribution in [1.29, 1.82) is 0 Å². The predicted molar refractivity (Wildman–Crippen MR) is 79.5 cm³/mol. The number of anilines is 1. The van der Waals surface area contributed by atoms with Crippen LogP contribution < -0.4 is 10.6 Å². The van der Waals surface area contributed by atoms with Gasteiger partial charge in [-0.25, -0.2) is 4.79 Å². The lowest BCUT2D eigenvalue weighted by molar-refractivity contribution is -0.00944. The van der Waals surface area contributed by atoms with Crippen LogP contribution in [0.2, 0.25) is 0 Å². The second-order valence-electron chi connectivity index (χ2n) is 6.48. The van der Waals surface area contributed by atoms with Crippen molar-refractivity contribution < 1.29 is 19.7 Å². The zero-order valence-corrected chi connectivity index (χ0v) is 12.6. The number of hydrogen-bond acceptors (Lipinski definition) is 5. The first-order chi connectivity index (χ1) is 9.67. The van der Waals surface area contributed by atoms with E-state index in [0.29, 0.717) is 30.8 Å². The van der Waals surface area contributed by atoms with Crippen LogP contribution in [-0.4, -0.2) is 40.6 Å². The Labute approximate surface area is 124 Å².